The number of amides is 1. The molecular formula is C22H29N5O. The molecule has 0 aliphatic carbocycles. The second kappa shape index (κ2) is 7.86. The maximum atomic E-state index is 12.6. The van der Waals surface area contributed by atoms with Crippen LogP contribution in [0.25, 0.3) is 0 Å². The van der Waals surface area contributed by atoms with E-state index >= 15 is 0 Å². The van der Waals surface area contributed by atoms with Crippen molar-refractivity contribution in [3.8, 4) is 0 Å². The molecular weight excluding hydrogens is 350 g/mol. The highest BCUT2D eigenvalue weighted by molar-refractivity contribution is 5.77. The van der Waals surface area contributed by atoms with Crippen molar-refractivity contribution >= 4 is 11.9 Å². The Bertz CT molecular complexity index is 840. The van der Waals surface area contributed by atoms with Crippen LogP contribution >= 0.6 is 0 Å². The highest BCUT2D eigenvalue weighted by atomic mass is 16.2. The summed E-state index contributed by atoms with van der Waals surface area (Å²) in [5.74, 6) is 1.09. The lowest BCUT2D eigenvalue weighted by molar-refractivity contribution is -0.138. The minimum atomic E-state index is 0.127. The Morgan fingerprint density at radius 1 is 1.18 bits per heavy atom. The summed E-state index contributed by atoms with van der Waals surface area (Å²) < 4.78 is 0. The van der Waals surface area contributed by atoms with Gasteiger partial charge in [-0.1, -0.05) is 13.0 Å². The van der Waals surface area contributed by atoms with Crippen LogP contribution in [0.15, 0.2) is 30.6 Å². The molecule has 0 N–H and O–H groups in total. The summed E-state index contributed by atoms with van der Waals surface area (Å²) in [4.78, 5) is 30.7. The van der Waals surface area contributed by atoms with Crippen LogP contribution < -0.4 is 4.90 Å². The summed E-state index contributed by atoms with van der Waals surface area (Å²) in [5, 5.41) is 0. The van der Waals surface area contributed by atoms with Crippen LogP contribution in [0.1, 0.15) is 49.6 Å². The predicted octanol–water partition coefficient (Wildman–Crippen LogP) is 3.15. The van der Waals surface area contributed by atoms with Gasteiger partial charge in [0.15, 0.2) is 0 Å². The number of piperidine rings is 2. The van der Waals surface area contributed by atoms with Crippen LogP contribution in [0.4, 0.5) is 5.95 Å². The third-order valence-corrected chi connectivity index (χ3v) is 6.17. The molecule has 148 valence electrons. The molecule has 0 saturated carbocycles. The first-order valence-electron chi connectivity index (χ1n) is 10.3. The fourth-order valence-corrected chi connectivity index (χ4v) is 4.62. The molecule has 1 atom stereocenters. The third-order valence-electron chi connectivity index (χ3n) is 6.17. The number of hydrogen-bond acceptors (Lipinski definition) is 5. The topological polar surface area (TPSA) is 62.2 Å². The highest BCUT2D eigenvalue weighted by Crippen LogP contribution is 2.40. The van der Waals surface area contributed by atoms with E-state index in [0.717, 1.165) is 68.2 Å². The average Bonchev–Trinajstić information content (AvgIpc) is 2.72. The molecule has 1 spiro atoms. The summed E-state index contributed by atoms with van der Waals surface area (Å²) in [6.45, 7) is 7.52. The number of hydrogen-bond donors (Lipinski definition) is 0. The number of anilines is 1. The van der Waals surface area contributed by atoms with E-state index in [4.69, 9.17) is 4.98 Å². The van der Waals surface area contributed by atoms with Gasteiger partial charge in [-0.25, -0.2) is 9.97 Å². The smallest absolute Gasteiger partial charge is 0.225 e. The van der Waals surface area contributed by atoms with Gasteiger partial charge in [-0.05, 0) is 50.3 Å². The molecule has 4 heterocycles. The molecule has 28 heavy (non-hydrogen) atoms. The number of likely N-dealkylation sites (tertiary alicyclic amines) is 1. The summed E-state index contributed by atoms with van der Waals surface area (Å²) >= 11 is 0. The Morgan fingerprint density at radius 3 is 2.86 bits per heavy atom. The summed E-state index contributed by atoms with van der Waals surface area (Å²) in [5.41, 5.74) is 3.36. The Kier molecular flexibility index (Phi) is 5.29. The van der Waals surface area contributed by atoms with E-state index in [9.17, 15) is 4.79 Å². The van der Waals surface area contributed by atoms with E-state index in [2.05, 4.69) is 28.7 Å². The molecule has 2 aliphatic heterocycles. The van der Waals surface area contributed by atoms with Crippen molar-refractivity contribution in [2.45, 2.75) is 52.5 Å². The van der Waals surface area contributed by atoms with Crippen LogP contribution in [0.3, 0.4) is 0 Å². The van der Waals surface area contributed by atoms with Crippen molar-refractivity contribution in [1.29, 1.82) is 0 Å². The first-order chi connectivity index (χ1) is 13.6. The number of aromatic nitrogens is 3. The van der Waals surface area contributed by atoms with Gasteiger partial charge in [0.1, 0.15) is 0 Å². The predicted molar refractivity (Wildman–Crippen MR) is 109 cm³/mol. The SMILES string of the molecule is CCc1nc(N2CCCC3(CCC(=O)N(Cc4ccccn4)C3)C2)ncc1C. The molecule has 1 amide bonds. The Hall–Kier alpha value is -2.50. The van der Waals surface area contributed by atoms with E-state index in [1.807, 2.05) is 29.3 Å². The molecule has 6 nitrogen and oxygen atoms in total. The lowest BCUT2D eigenvalue weighted by atomic mass is 9.73. The molecule has 6 heteroatoms. The van der Waals surface area contributed by atoms with Crippen LogP contribution in [0.5, 0.6) is 0 Å². The van der Waals surface area contributed by atoms with Crippen molar-refractivity contribution in [1.82, 2.24) is 19.9 Å². The average molecular weight is 380 g/mol. The molecule has 2 aromatic heterocycles. The van der Waals surface area contributed by atoms with Crippen LogP contribution in [0, 0.1) is 12.3 Å². The number of carbonyl (C=O) groups excluding carboxylic acids is 1. The van der Waals surface area contributed by atoms with Crippen molar-refractivity contribution < 1.29 is 4.79 Å². The zero-order valence-corrected chi connectivity index (χ0v) is 16.9. The Balaban J connectivity index is 1.51. The fourth-order valence-electron chi connectivity index (χ4n) is 4.62. The first kappa shape index (κ1) is 18.8. The second-order valence-corrected chi connectivity index (χ2v) is 8.25. The monoisotopic (exact) mass is 379 g/mol. The molecule has 0 bridgehead atoms. The lowest BCUT2D eigenvalue weighted by Gasteiger charge is -2.48. The first-order valence-corrected chi connectivity index (χ1v) is 10.3. The molecule has 2 fully saturated rings. The second-order valence-electron chi connectivity index (χ2n) is 8.25. The van der Waals surface area contributed by atoms with E-state index in [-0.39, 0.29) is 11.3 Å². The van der Waals surface area contributed by atoms with Crippen LogP contribution in [0.2, 0.25) is 0 Å². The van der Waals surface area contributed by atoms with Crippen molar-refractivity contribution in [3.63, 3.8) is 0 Å². The third kappa shape index (κ3) is 3.86. The summed E-state index contributed by atoms with van der Waals surface area (Å²) in [7, 11) is 0. The van der Waals surface area contributed by atoms with Gasteiger partial charge in [-0.2, -0.15) is 0 Å². The molecule has 2 saturated heterocycles. The molecule has 1 unspecified atom stereocenters. The summed E-state index contributed by atoms with van der Waals surface area (Å²) in [6, 6.07) is 5.89. The largest absolute Gasteiger partial charge is 0.340 e. The quantitative estimate of drug-likeness (QED) is 0.817. The maximum absolute atomic E-state index is 12.6. The van der Waals surface area contributed by atoms with Crippen LogP contribution in [-0.2, 0) is 17.8 Å². The van der Waals surface area contributed by atoms with Crippen LogP contribution in [-0.4, -0.2) is 45.4 Å². The van der Waals surface area contributed by atoms with Crippen molar-refractivity contribution in [2.24, 2.45) is 5.41 Å². The van der Waals surface area contributed by atoms with E-state index < -0.39 is 0 Å². The zero-order chi connectivity index (χ0) is 19.6. The van der Waals surface area contributed by atoms with Gasteiger partial charge in [0.05, 0.1) is 12.2 Å². The van der Waals surface area contributed by atoms with Gasteiger partial charge in [-0.3, -0.25) is 9.78 Å². The van der Waals surface area contributed by atoms with Gasteiger partial charge in [0.25, 0.3) is 0 Å². The highest BCUT2D eigenvalue weighted by Gasteiger charge is 2.42. The summed E-state index contributed by atoms with van der Waals surface area (Å²) in [6.07, 6.45) is 8.50. The minimum absolute atomic E-state index is 0.127. The molecule has 4 rings (SSSR count). The van der Waals surface area contributed by atoms with E-state index in [0.29, 0.717) is 13.0 Å². The lowest BCUT2D eigenvalue weighted by Crippen LogP contribution is -2.54. The molecule has 2 aromatic rings. The van der Waals surface area contributed by atoms with Crippen molar-refractivity contribution in [3.05, 3.63) is 47.5 Å². The zero-order valence-electron chi connectivity index (χ0n) is 16.9. The van der Waals surface area contributed by atoms with Gasteiger partial charge in [0.2, 0.25) is 11.9 Å². The number of aryl methyl sites for hydroxylation is 2. The normalized spacial score (nSPS) is 22.7. The van der Waals surface area contributed by atoms with Gasteiger partial charge >= 0.3 is 0 Å². The number of rotatable bonds is 4. The number of carbonyl (C=O) groups is 1. The van der Waals surface area contributed by atoms with Gasteiger partial charge < -0.3 is 9.80 Å². The number of nitrogens with zero attached hydrogens (tertiary/aromatic N) is 5. The van der Waals surface area contributed by atoms with Crippen molar-refractivity contribution in [2.75, 3.05) is 24.5 Å². The Morgan fingerprint density at radius 2 is 2.07 bits per heavy atom. The molecule has 0 aromatic carbocycles. The molecule has 0 radical (unpaired) electrons. The molecule has 2 aliphatic rings. The number of pyridine rings is 1. The van der Waals surface area contributed by atoms with Gasteiger partial charge in [0, 0.05) is 49.6 Å². The Labute approximate surface area is 167 Å². The standard InChI is InChI=1S/C22H29N5O/c1-3-19-17(2)13-24-21(25-19)26-12-6-9-22(15-26)10-8-20(28)27(16-22)14-18-7-4-5-11-23-18/h4-5,7,11,13H,3,6,8-10,12,14-16H2,1-2H3. The minimum Gasteiger partial charge on any atom is -0.340 e. The maximum Gasteiger partial charge on any atom is 0.225 e. The van der Waals surface area contributed by atoms with E-state index in [1.165, 1.54) is 0 Å². The fraction of sp³-hybridized carbons (Fsp3) is 0.545. The van der Waals surface area contributed by atoms with Gasteiger partial charge in [-0.15, -0.1) is 0 Å². The van der Waals surface area contributed by atoms with E-state index in [1.54, 1.807) is 6.20 Å².